The molecule has 0 radical (unpaired) electrons. The zero-order valence-corrected chi connectivity index (χ0v) is 8.37. The second-order valence-corrected chi connectivity index (χ2v) is 2.73. The Morgan fingerprint density at radius 3 is 2.69 bits per heavy atom. The zero-order chi connectivity index (χ0) is 12.1. The maximum atomic E-state index is 12.0. The number of hydrazine groups is 1. The highest BCUT2D eigenvalue weighted by atomic mass is 19.3. The topological polar surface area (TPSA) is 73.6 Å². The van der Waals surface area contributed by atoms with E-state index in [2.05, 4.69) is 14.9 Å². The van der Waals surface area contributed by atoms with E-state index in [1.165, 1.54) is 18.2 Å². The van der Waals surface area contributed by atoms with Gasteiger partial charge in [0.2, 0.25) is 0 Å². The van der Waals surface area contributed by atoms with E-state index in [4.69, 9.17) is 5.84 Å². The molecule has 0 aliphatic carbocycles. The average Bonchev–Trinajstić information content (AvgIpc) is 2.28. The van der Waals surface area contributed by atoms with Crippen LogP contribution in [0.15, 0.2) is 18.2 Å². The molecule has 7 heteroatoms. The molecule has 0 aliphatic rings. The summed E-state index contributed by atoms with van der Waals surface area (Å²) in [7, 11) is 1.14. The van der Waals surface area contributed by atoms with E-state index in [-0.39, 0.29) is 11.3 Å². The van der Waals surface area contributed by atoms with Gasteiger partial charge in [-0.2, -0.15) is 8.78 Å². The molecule has 16 heavy (non-hydrogen) atoms. The highest BCUT2D eigenvalue weighted by molar-refractivity contribution is 5.93. The Balaban J connectivity index is 3.11. The van der Waals surface area contributed by atoms with Gasteiger partial charge >= 0.3 is 12.6 Å². The van der Waals surface area contributed by atoms with Gasteiger partial charge in [-0.1, -0.05) is 0 Å². The lowest BCUT2D eigenvalue weighted by molar-refractivity contribution is -0.0503. The molecule has 3 N–H and O–H groups in total. The lowest BCUT2D eigenvalue weighted by atomic mass is 10.2. The van der Waals surface area contributed by atoms with Crippen molar-refractivity contribution in [2.45, 2.75) is 6.61 Å². The molecule has 0 saturated carbocycles. The summed E-state index contributed by atoms with van der Waals surface area (Å²) in [5.41, 5.74) is 2.53. The molecule has 5 nitrogen and oxygen atoms in total. The molecule has 1 rings (SSSR count). The smallest absolute Gasteiger partial charge is 0.387 e. The molecule has 0 bridgehead atoms. The van der Waals surface area contributed by atoms with E-state index in [0.29, 0.717) is 5.69 Å². The van der Waals surface area contributed by atoms with Crippen molar-refractivity contribution in [3.05, 3.63) is 23.8 Å². The summed E-state index contributed by atoms with van der Waals surface area (Å²) in [6.07, 6.45) is 0. The van der Waals surface area contributed by atoms with Crippen molar-refractivity contribution in [3.63, 3.8) is 0 Å². The summed E-state index contributed by atoms with van der Waals surface area (Å²) >= 11 is 0. The van der Waals surface area contributed by atoms with Gasteiger partial charge in [-0.25, -0.2) is 4.79 Å². The van der Waals surface area contributed by atoms with Crippen molar-refractivity contribution in [2.75, 3.05) is 12.5 Å². The van der Waals surface area contributed by atoms with Crippen LogP contribution < -0.4 is 16.0 Å². The van der Waals surface area contributed by atoms with Gasteiger partial charge in [0.1, 0.15) is 11.3 Å². The van der Waals surface area contributed by atoms with Crippen LogP contribution in [0.1, 0.15) is 10.4 Å². The summed E-state index contributed by atoms with van der Waals surface area (Å²) in [6.45, 7) is -3.01. The SMILES string of the molecule is COC(=O)c1cc(NN)ccc1OC(F)F. The van der Waals surface area contributed by atoms with Crippen LogP contribution in [0.25, 0.3) is 0 Å². The molecule has 0 aromatic heterocycles. The van der Waals surface area contributed by atoms with Crippen molar-refractivity contribution in [3.8, 4) is 5.75 Å². The zero-order valence-electron chi connectivity index (χ0n) is 8.37. The van der Waals surface area contributed by atoms with Crippen LogP contribution in [0.3, 0.4) is 0 Å². The minimum atomic E-state index is -3.01. The number of hydrogen-bond donors (Lipinski definition) is 2. The quantitative estimate of drug-likeness (QED) is 0.466. The van der Waals surface area contributed by atoms with Crippen molar-refractivity contribution in [1.82, 2.24) is 0 Å². The lowest BCUT2D eigenvalue weighted by Gasteiger charge is -2.10. The maximum absolute atomic E-state index is 12.0. The highest BCUT2D eigenvalue weighted by Crippen LogP contribution is 2.24. The average molecular weight is 232 g/mol. The molecule has 1 aromatic carbocycles. The first kappa shape index (κ1) is 12.2. The Bertz CT molecular complexity index is 385. The van der Waals surface area contributed by atoms with Crippen molar-refractivity contribution in [1.29, 1.82) is 0 Å². The second kappa shape index (κ2) is 5.26. The Morgan fingerprint density at radius 2 is 2.19 bits per heavy atom. The van der Waals surface area contributed by atoms with Crippen LogP contribution in [-0.2, 0) is 4.74 Å². The van der Waals surface area contributed by atoms with E-state index < -0.39 is 12.6 Å². The third-order valence-corrected chi connectivity index (χ3v) is 1.77. The predicted molar refractivity (Wildman–Crippen MR) is 52.2 cm³/mol. The number of anilines is 1. The highest BCUT2D eigenvalue weighted by Gasteiger charge is 2.16. The van der Waals surface area contributed by atoms with Gasteiger partial charge in [0.25, 0.3) is 0 Å². The van der Waals surface area contributed by atoms with E-state index in [1.807, 2.05) is 0 Å². The fourth-order valence-electron chi connectivity index (χ4n) is 1.09. The molecular formula is C9H10F2N2O3. The monoisotopic (exact) mass is 232 g/mol. The lowest BCUT2D eigenvalue weighted by Crippen LogP contribution is -2.12. The number of ether oxygens (including phenoxy) is 2. The molecule has 0 spiro atoms. The minimum Gasteiger partial charge on any atom is -0.465 e. The van der Waals surface area contributed by atoms with Gasteiger partial charge in [-0.3, -0.25) is 5.84 Å². The largest absolute Gasteiger partial charge is 0.465 e. The fourth-order valence-corrected chi connectivity index (χ4v) is 1.09. The number of rotatable bonds is 4. The molecule has 0 saturated heterocycles. The summed E-state index contributed by atoms with van der Waals surface area (Å²) in [5.74, 6) is 4.07. The summed E-state index contributed by atoms with van der Waals surface area (Å²) in [5, 5.41) is 0. The van der Waals surface area contributed by atoms with Crippen LogP contribution in [0, 0.1) is 0 Å². The third-order valence-electron chi connectivity index (χ3n) is 1.77. The predicted octanol–water partition coefficient (Wildman–Crippen LogP) is 1.36. The van der Waals surface area contributed by atoms with Gasteiger partial charge < -0.3 is 14.9 Å². The van der Waals surface area contributed by atoms with E-state index in [0.717, 1.165) is 7.11 Å². The Morgan fingerprint density at radius 1 is 1.50 bits per heavy atom. The molecule has 0 fully saturated rings. The van der Waals surface area contributed by atoms with Gasteiger partial charge in [0, 0.05) is 5.69 Å². The van der Waals surface area contributed by atoms with Crippen molar-refractivity contribution < 1.29 is 23.0 Å². The number of carbonyl (C=O) groups is 1. The van der Waals surface area contributed by atoms with Crippen molar-refractivity contribution in [2.24, 2.45) is 5.84 Å². The van der Waals surface area contributed by atoms with Gasteiger partial charge in [-0.05, 0) is 18.2 Å². The van der Waals surface area contributed by atoms with Gasteiger partial charge in [-0.15, -0.1) is 0 Å². The third kappa shape index (κ3) is 2.80. The second-order valence-electron chi connectivity index (χ2n) is 2.73. The first-order chi connectivity index (χ1) is 7.58. The fraction of sp³-hybridized carbons (Fsp3) is 0.222. The number of alkyl halides is 2. The molecular weight excluding hydrogens is 222 g/mol. The van der Waals surface area contributed by atoms with Gasteiger partial charge in [0.15, 0.2) is 0 Å². The number of hydrogen-bond acceptors (Lipinski definition) is 5. The normalized spacial score (nSPS) is 10.1. The maximum Gasteiger partial charge on any atom is 0.387 e. The standard InChI is InChI=1S/C9H10F2N2O3/c1-15-8(14)6-4-5(13-12)2-3-7(6)16-9(10)11/h2-4,9,13H,12H2,1H3. The van der Waals surface area contributed by atoms with Crippen LogP contribution in [0.4, 0.5) is 14.5 Å². The van der Waals surface area contributed by atoms with E-state index >= 15 is 0 Å². The summed E-state index contributed by atoms with van der Waals surface area (Å²) < 4.78 is 32.7. The first-order valence-corrected chi connectivity index (χ1v) is 4.22. The summed E-state index contributed by atoms with van der Waals surface area (Å²) in [4.78, 5) is 11.3. The number of carbonyl (C=O) groups excluding carboxylic acids is 1. The number of methoxy groups -OCH3 is 1. The number of benzene rings is 1. The first-order valence-electron chi connectivity index (χ1n) is 4.22. The van der Waals surface area contributed by atoms with E-state index in [9.17, 15) is 13.6 Å². The molecule has 0 unspecified atom stereocenters. The molecule has 0 heterocycles. The van der Waals surface area contributed by atoms with Crippen LogP contribution in [-0.4, -0.2) is 19.7 Å². The Labute approximate surface area is 90.1 Å². The molecule has 0 aliphatic heterocycles. The minimum absolute atomic E-state index is 0.127. The van der Waals surface area contributed by atoms with Crippen molar-refractivity contribution >= 4 is 11.7 Å². The van der Waals surface area contributed by atoms with Crippen LogP contribution in [0.5, 0.6) is 5.75 Å². The molecule has 1 aromatic rings. The number of esters is 1. The number of nitrogens with one attached hydrogen (secondary N) is 1. The number of halogens is 2. The van der Waals surface area contributed by atoms with Crippen LogP contribution in [0.2, 0.25) is 0 Å². The Hall–Kier alpha value is -1.89. The van der Waals surface area contributed by atoms with E-state index in [1.54, 1.807) is 0 Å². The molecule has 0 atom stereocenters. The molecule has 0 amide bonds. The van der Waals surface area contributed by atoms with Gasteiger partial charge in [0.05, 0.1) is 7.11 Å². The number of nitrogen functional groups attached to an aromatic ring is 1. The number of nitrogens with two attached hydrogens (primary N) is 1. The van der Waals surface area contributed by atoms with Crippen LogP contribution >= 0.6 is 0 Å². The Kier molecular flexibility index (Phi) is 4.01. The molecule has 88 valence electrons. The summed E-state index contributed by atoms with van der Waals surface area (Å²) in [6, 6.07) is 3.85.